The molecule has 5 nitrogen and oxygen atoms in total. The summed E-state index contributed by atoms with van der Waals surface area (Å²) in [4.78, 5) is 22.2. The molecule has 0 saturated carbocycles. The van der Waals surface area contributed by atoms with Crippen LogP contribution in [-0.4, -0.2) is 20.9 Å². The van der Waals surface area contributed by atoms with Crippen LogP contribution in [0.1, 0.15) is 10.4 Å². The van der Waals surface area contributed by atoms with E-state index in [4.69, 9.17) is 0 Å². The molecule has 0 aliphatic rings. The van der Waals surface area contributed by atoms with Crippen molar-refractivity contribution >= 4 is 27.8 Å². The quantitative estimate of drug-likeness (QED) is 0.815. The summed E-state index contributed by atoms with van der Waals surface area (Å²) in [7, 11) is 0. The number of H-pyrrole nitrogens is 1. The van der Waals surface area contributed by atoms with E-state index in [1.165, 1.54) is 0 Å². The van der Waals surface area contributed by atoms with Crippen LogP contribution in [0.15, 0.2) is 35.3 Å². The van der Waals surface area contributed by atoms with E-state index in [0.717, 1.165) is 0 Å². The number of halogens is 1. The third-order valence-corrected chi connectivity index (χ3v) is 2.15. The molecule has 0 unspecified atom stereocenters. The number of hydrogen-bond donors (Lipinski definition) is 2. The average Bonchev–Trinajstić information content (AvgIpc) is 2.70. The average molecular weight is 267 g/mol. The first-order valence-electron chi connectivity index (χ1n) is 4.18. The molecule has 0 radical (unpaired) electrons. The van der Waals surface area contributed by atoms with Gasteiger partial charge in [0.15, 0.2) is 0 Å². The minimum atomic E-state index is -0.229. The van der Waals surface area contributed by atoms with Crippen LogP contribution in [0.2, 0.25) is 0 Å². The number of aromatic nitrogens is 3. The van der Waals surface area contributed by atoms with Gasteiger partial charge >= 0.3 is 0 Å². The largest absolute Gasteiger partial charge is 0.331 e. The lowest BCUT2D eigenvalue weighted by molar-refractivity contribution is 0.102. The molecule has 2 heterocycles. The Kier molecular flexibility index (Phi) is 2.77. The topological polar surface area (TPSA) is 70.7 Å². The molecule has 0 aliphatic heterocycles. The van der Waals surface area contributed by atoms with Gasteiger partial charge in [-0.05, 0) is 28.1 Å². The van der Waals surface area contributed by atoms with Gasteiger partial charge in [-0.2, -0.15) is 0 Å². The van der Waals surface area contributed by atoms with E-state index >= 15 is 0 Å². The molecule has 0 saturated heterocycles. The molecule has 6 heteroatoms. The molecule has 0 fully saturated rings. The van der Waals surface area contributed by atoms with Gasteiger partial charge in [-0.1, -0.05) is 0 Å². The number of anilines is 1. The number of carbonyl (C=O) groups is 1. The zero-order valence-electron chi connectivity index (χ0n) is 7.57. The Balaban J connectivity index is 2.15. The first kappa shape index (κ1) is 9.85. The fourth-order valence-electron chi connectivity index (χ4n) is 1.06. The highest BCUT2D eigenvalue weighted by Gasteiger charge is 2.07. The van der Waals surface area contributed by atoms with Crippen LogP contribution in [0.3, 0.4) is 0 Å². The van der Waals surface area contributed by atoms with Crippen LogP contribution in [-0.2, 0) is 0 Å². The molecule has 2 aromatic rings. The van der Waals surface area contributed by atoms with E-state index in [9.17, 15) is 4.79 Å². The number of hydrogen-bond acceptors (Lipinski definition) is 3. The second kappa shape index (κ2) is 4.22. The Morgan fingerprint density at radius 1 is 1.40 bits per heavy atom. The van der Waals surface area contributed by atoms with Crippen LogP contribution in [0.25, 0.3) is 0 Å². The Hall–Kier alpha value is -1.69. The summed E-state index contributed by atoms with van der Waals surface area (Å²) < 4.78 is 0.620. The Morgan fingerprint density at radius 3 is 2.93 bits per heavy atom. The van der Waals surface area contributed by atoms with Gasteiger partial charge in [0.25, 0.3) is 5.91 Å². The van der Waals surface area contributed by atoms with Gasteiger partial charge in [0.2, 0.25) is 5.95 Å². The summed E-state index contributed by atoms with van der Waals surface area (Å²) in [5, 5.41) is 2.61. The van der Waals surface area contributed by atoms with Gasteiger partial charge in [0.05, 0.1) is 0 Å². The van der Waals surface area contributed by atoms with Crippen LogP contribution in [0.5, 0.6) is 0 Å². The molecule has 0 aromatic carbocycles. The van der Waals surface area contributed by atoms with Crippen molar-refractivity contribution in [1.29, 1.82) is 0 Å². The lowest BCUT2D eigenvalue weighted by Crippen LogP contribution is -2.12. The number of rotatable bonds is 2. The summed E-state index contributed by atoms with van der Waals surface area (Å²) in [5.41, 5.74) is 0.522. The zero-order valence-corrected chi connectivity index (χ0v) is 9.15. The second-order valence-electron chi connectivity index (χ2n) is 2.76. The van der Waals surface area contributed by atoms with Crippen molar-refractivity contribution in [3.05, 3.63) is 40.9 Å². The molecule has 76 valence electrons. The van der Waals surface area contributed by atoms with Gasteiger partial charge in [0, 0.05) is 24.2 Å². The maximum absolute atomic E-state index is 11.6. The molecule has 0 aliphatic carbocycles. The van der Waals surface area contributed by atoms with Crippen molar-refractivity contribution in [2.24, 2.45) is 0 Å². The van der Waals surface area contributed by atoms with E-state index in [1.54, 1.807) is 30.7 Å². The SMILES string of the molecule is O=C(Nc1ncc[nH]1)c1ccnc(Br)c1. The Labute approximate surface area is 94.1 Å². The number of carbonyl (C=O) groups excluding carboxylic acids is 1. The number of nitrogens with zero attached hydrogens (tertiary/aromatic N) is 2. The van der Waals surface area contributed by atoms with Crippen LogP contribution < -0.4 is 5.32 Å². The third kappa shape index (κ3) is 2.41. The van der Waals surface area contributed by atoms with E-state index in [1.807, 2.05) is 0 Å². The predicted molar refractivity (Wildman–Crippen MR) is 58.5 cm³/mol. The molecule has 1 amide bonds. The summed E-state index contributed by atoms with van der Waals surface area (Å²) in [5.74, 6) is 0.195. The Bertz CT molecular complexity index is 469. The predicted octanol–water partition coefficient (Wildman–Crippen LogP) is 1.82. The van der Waals surface area contributed by atoms with Gasteiger partial charge in [-0.3, -0.25) is 10.1 Å². The van der Waals surface area contributed by atoms with E-state index in [0.29, 0.717) is 16.1 Å². The molecule has 0 spiro atoms. The van der Waals surface area contributed by atoms with Gasteiger partial charge in [0.1, 0.15) is 4.60 Å². The van der Waals surface area contributed by atoms with Gasteiger partial charge < -0.3 is 4.98 Å². The summed E-state index contributed by atoms with van der Waals surface area (Å²) in [6.07, 6.45) is 4.76. The number of pyridine rings is 1. The molecule has 2 rings (SSSR count). The van der Waals surface area contributed by atoms with Crippen molar-refractivity contribution in [2.75, 3.05) is 5.32 Å². The Morgan fingerprint density at radius 2 is 2.27 bits per heavy atom. The number of amides is 1. The third-order valence-electron chi connectivity index (χ3n) is 1.72. The monoisotopic (exact) mass is 266 g/mol. The summed E-state index contributed by atoms with van der Waals surface area (Å²) in [6, 6.07) is 3.27. The first-order valence-corrected chi connectivity index (χ1v) is 4.97. The van der Waals surface area contributed by atoms with Crippen molar-refractivity contribution in [3.63, 3.8) is 0 Å². The zero-order chi connectivity index (χ0) is 10.7. The van der Waals surface area contributed by atoms with Gasteiger partial charge in [-0.25, -0.2) is 9.97 Å². The minimum absolute atomic E-state index is 0.229. The summed E-state index contributed by atoms with van der Waals surface area (Å²) >= 11 is 3.19. The molecule has 2 aromatic heterocycles. The highest BCUT2D eigenvalue weighted by Crippen LogP contribution is 2.09. The fraction of sp³-hybridized carbons (Fsp3) is 0. The normalized spacial score (nSPS) is 9.93. The van der Waals surface area contributed by atoms with Crippen molar-refractivity contribution < 1.29 is 4.79 Å². The number of imidazole rings is 1. The number of aromatic amines is 1. The van der Waals surface area contributed by atoms with Crippen molar-refractivity contribution in [2.45, 2.75) is 0 Å². The molecule has 0 atom stereocenters. The maximum Gasteiger partial charge on any atom is 0.258 e. The fourth-order valence-corrected chi connectivity index (χ4v) is 1.42. The smallest absolute Gasteiger partial charge is 0.258 e. The molecular weight excluding hydrogens is 260 g/mol. The van der Waals surface area contributed by atoms with Crippen LogP contribution in [0.4, 0.5) is 5.95 Å². The minimum Gasteiger partial charge on any atom is -0.331 e. The molecular formula is C9H7BrN4O. The molecule has 15 heavy (non-hydrogen) atoms. The first-order chi connectivity index (χ1) is 7.25. The van der Waals surface area contributed by atoms with E-state index in [2.05, 4.69) is 36.2 Å². The van der Waals surface area contributed by atoms with Crippen molar-refractivity contribution in [3.8, 4) is 0 Å². The van der Waals surface area contributed by atoms with E-state index in [-0.39, 0.29) is 5.91 Å². The van der Waals surface area contributed by atoms with Gasteiger partial charge in [-0.15, -0.1) is 0 Å². The lowest BCUT2D eigenvalue weighted by Gasteiger charge is -2.01. The van der Waals surface area contributed by atoms with Crippen molar-refractivity contribution in [1.82, 2.24) is 15.0 Å². The summed E-state index contributed by atoms with van der Waals surface area (Å²) in [6.45, 7) is 0. The highest BCUT2D eigenvalue weighted by atomic mass is 79.9. The second-order valence-corrected chi connectivity index (χ2v) is 3.57. The maximum atomic E-state index is 11.6. The highest BCUT2D eigenvalue weighted by molar-refractivity contribution is 9.10. The molecule has 0 bridgehead atoms. The van der Waals surface area contributed by atoms with Crippen LogP contribution >= 0.6 is 15.9 Å². The number of nitrogens with one attached hydrogen (secondary N) is 2. The van der Waals surface area contributed by atoms with E-state index < -0.39 is 0 Å². The lowest BCUT2D eigenvalue weighted by atomic mass is 10.2. The molecule has 2 N–H and O–H groups in total. The van der Waals surface area contributed by atoms with Crippen LogP contribution in [0, 0.1) is 0 Å². The standard InChI is InChI=1S/C9H7BrN4O/c10-7-5-6(1-2-11-7)8(15)14-9-12-3-4-13-9/h1-5H,(H2,12,13,14,15).